The van der Waals surface area contributed by atoms with E-state index in [1.807, 2.05) is 6.07 Å². The Morgan fingerprint density at radius 2 is 2.23 bits per heavy atom. The number of hydrogen-bond donors (Lipinski definition) is 3. The van der Waals surface area contributed by atoms with Crippen LogP contribution in [0.2, 0.25) is 0 Å². The van der Waals surface area contributed by atoms with Gasteiger partial charge in [-0.2, -0.15) is 0 Å². The summed E-state index contributed by atoms with van der Waals surface area (Å²) in [7, 11) is 0. The second-order valence-corrected chi connectivity index (χ2v) is 6.21. The number of rotatable bonds is 4. The van der Waals surface area contributed by atoms with Crippen molar-refractivity contribution in [2.75, 3.05) is 5.73 Å². The number of hydrogen-bond acceptors (Lipinski definition) is 4. The predicted octanol–water partition coefficient (Wildman–Crippen LogP) is 4.31. The number of halogens is 1. The third-order valence-corrected chi connectivity index (χ3v) is 4.51. The predicted molar refractivity (Wildman–Crippen MR) is 99.2 cm³/mol. The van der Waals surface area contributed by atoms with Gasteiger partial charge in [0.05, 0.1) is 16.9 Å². The molecule has 0 radical (unpaired) electrons. The van der Waals surface area contributed by atoms with Crippen molar-refractivity contribution in [3.63, 3.8) is 0 Å². The van der Waals surface area contributed by atoms with Crippen molar-refractivity contribution in [2.45, 2.75) is 19.3 Å². The van der Waals surface area contributed by atoms with Crippen LogP contribution >= 0.6 is 0 Å². The molecule has 1 heterocycles. The van der Waals surface area contributed by atoms with E-state index < -0.39 is 5.97 Å². The molecule has 4 N–H and O–H groups in total. The van der Waals surface area contributed by atoms with E-state index in [-0.39, 0.29) is 23.0 Å². The Balaban J connectivity index is 2.15. The lowest BCUT2D eigenvalue weighted by Crippen LogP contribution is -2.08. The van der Waals surface area contributed by atoms with Gasteiger partial charge < -0.3 is 16.2 Å². The van der Waals surface area contributed by atoms with Gasteiger partial charge in [0, 0.05) is 29.5 Å². The molecule has 0 amide bonds. The number of carbonyl (C=O) groups is 1. The van der Waals surface area contributed by atoms with Crippen LogP contribution < -0.4 is 5.73 Å². The van der Waals surface area contributed by atoms with Gasteiger partial charge in [-0.1, -0.05) is 12.1 Å². The summed E-state index contributed by atoms with van der Waals surface area (Å²) in [5.74, 6) is -1.50. The van der Waals surface area contributed by atoms with Gasteiger partial charge in [0.25, 0.3) is 0 Å². The molecule has 26 heavy (non-hydrogen) atoms. The zero-order chi connectivity index (χ0) is 18.8. The molecule has 1 aliphatic carbocycles. The van der Waals surface area contributed by atoms with E-state index in [2.05, 4.69) is 4.98 Å². The third kappa shape index (κ3) is 3.13. The summed E-state index contributed by atoms with van der Waals surface area (Å²) in [5.41, 5.74) is 8.91. The fraction of sp³-hybridized carbons (Fsp3) is 0.150. The number of allylic oxidation sites excluding steroid dienone is 4. The molecular formula is C20H18FN3O2. The van der Waals surface area contributed by atoms with Crippen LogP contribution in [-0.4, -0.2) is 22.3 Å². The first-order valence-electron chi connectivity index (χ1n) is 8.08. The van der Waals surface area contributed by atoms with Crippen LogP contribution in [-0.2, 0) is 0 Å². The zero-order valence-electron chi connectivity index (χ0n) is 14.2. The molecule has 1 atom stereocenters. The first-order chi connectivity index (χ1) is 12.4. The highest BCUT2D eigenvalue weighted by atomic mass is 19.1. The number of benzene rings is 1. The van der Waals surface area contributed by atoms with Crippen LogP contribution in [0, 0.1) is 5.41 Å². The van der Waals surface area contributed by atoms with E-state index >= 15 is 0 Å². The second kappa shape index (κ2) is 6.92. The standard InChI is InChI=1S/C20H18FN3O2/c1-11-7-12(4-5-17(11)21)19-15(3-2-6-24-19)13-8-14(10-22)18(23)16(9-13)20(25)26/h2-6,8-10,12,22H,7,23H2,1H3,(H,25,26). The van der Waals surface area contributed by atoms with Gasteiger partial charge in [-0.15, -0.1) is 0 Å². The maximum atomic E-state index is 13.6. The topological polar surface area (TPSA) is 100 Å². The highest BCUT2D eigenvalue weighted by molar-refractivity contribution is 6.01. The average Bonchev–Trinajstić information content (AvgIpc) is 2.64. The van der Waals surface area contributed by atoms with Crippen molar-refractivity contribution in [3.8, 4) is 11.1 Å². The number of nitrogens with one attached hydrogen (secondary N) is 1. The molecule has 5 nitrogen and oxygen atoms in total. The molecule has 1 unspecified atom stereocenters. The third-order valence-electron chi connectivity index (χ3n) is 4.51. The summed E-state index contributed by atoms with van der Waals surface area (Å²) in [4.78, 5) is 16.0. The van der Waals surface area contributed by atoms with Crippen LogP contribution in [0.1, 0.15) is 40.9 Å². The monoisotopic (exact) mass is 351 g/mol. The Morgan fingerprint density at radius 1 is 1.46 bits per heavy atom. The number of carboxylic acid groups (broad SMARTS) is 1. The SMILES string of the molecule is CC1=C(F)C=CC(c2ncccc2-c2cc(C=N)c(N)c(C(=O)O)c2)C1. The Hall–Kier alpha value is -3.28. The highest BCUT2D eigenvalue weighted by Gasteiger charge is 2.21. The number of aromatic carboxylic acids is 1. The number of nitrogens with two attached hydrogens (primary N) is 1. The van der Waals surface area contributed by atoms with Crippen molar-refractivity contribution >= 4 is 17.9 Å². The van der Waals surface area contributed by atoms with Gasteiger partial charge in [-0.3, -0.25) is 4.98 Å². The van der Waals surface area contributed by atoms with E-state index in [9.17, 15) is 14.3 Å². The van der Waals surface area contributed by atoms with E-state index in [0.717, 1.165) is 17.5 Å². The Morgan fingerprint density at radius 3 is 2.88 bits per heavy atom. The van der Waals surface area contributed by atoms with Crippen LogP contribution in [0.4, 0.5) is 10.1 Å². The Labute approximate surface area is 150 Å². The van der Waals surface area contributed by atoms with Gasteiger partial charge >= 0.3 is 5.97 Å². The zero-order valence-corrected chi connectivity index (χ0v) is 14.2. The molecule has 0 bridgehead atoms. The molecule has 6 heteroatoms. The number of nitrogen functional groups attached to an aromatic ring is 1. The van der Waals surface area contributed by atoms with Crippen LogP contribution in [0.5, 0.6) is 0 Å². The molecule has 1 aromatic heterocycles. The lowest BCUT2D eigenvalue weighted by molar-refractivity contribution is 0.0698. The van der Waals surface area contributed by atoms with Crippen LogP contribution in [0.3, 0.4) is 0 Å². The van der Waals surface area contributed by atoms with Crippen molar-refractivity contribution in [3.05, 3.63) is 70.8 Å². The molecule has 0 spiro atoms. The van der Waals surface area contributed by atoms with Crippen molar-refractivity contribution in [2.24, 2.45) is 0 Å². The van der Waals surface area contributed by atoms with Crippen molar-refractivity contribution in [1.29, 1.82) is 5.41 Å². The van der Waals surface area contributed by atoms with E-state index in [1.165, 1.54) is 12.1 Å². The summed E-state index contributed by atoms with van der Waals surface area (Å²) in [6.07, 6.45) is 6.40. The van der Waals surface area contributed by atoms with Crippen LogP contribution in [0.15, 0.2) is 54.0 Å². The van der Waals surface area contributed by atoms with Crippen molar-refractivity contribution in [1.82, 2.24) is 4.98 Å². The first-order valence-corrected chi connectivity index (χ1v) is 8.08. The van der Waals surface area contributed by atoms with Gasteiger partial charge in [-0.05, 0) is 48.8 Å². The minimum Gasteiger partial charge on any atom is -0.478 e. The highest BCUT2D eigenvalue weighted by Crippen LogP contribution is 2.37. The average molecular weight is 351 g/mol. The molecule has 2 aromatic rings. The molecule has 1 aliphatic rings. The molecule has 0 fully saturated rings. The normalized spacial score (nSPS) is 16.6. The summed E-state index contributed by atoms with van der Waals surface area (Å²) in [6.45, 7) is 1.74. The number of pyridine rings is 1. The smallest absolute Gasteiger partial charge is 0.337 e. The van der Waals surface area contributed by atoms with E-state index in [0.29, 0.717) is 23.1 Å². The van der Waals surface area contributed by atoms with Gasteiger partial charge in [-0.25, -0.2) is 9.18 Å². The lowest BCUT2D eigenvalue weighted by Gasteiger charge is -2.20. The first kappa shape index (κ1) is 17.5. The Kier molecular flexibility index (Phi) is 4.67. The molecule has 3 rings (SSSR count). The van der Waals surface area contributed by atoms with E-state index in [1.54, 1.807) is 31.3 Å². The fourth-order valence-corrected chi connectivity index (χ4v) is 3.11. The number of aromatic nitrogens is 1. The van der Waals surface area contributed by atoms with Gasteiger partial charge in [0.15, 0.2) is 0 Å². The summed E-state index contributed by atoms with van der Waals surface area (Å²) in [6, 6.07) is 6.76. The van der Waals surface area contributed by atoms with Gasteiger partial charge in [0.2, 0.25) is 0 Å². The fourth-order valence-electron chi connectivity index (χ4n) is 3.11. The molecular weight excluding hydrogens is 333 g/mol. The summed E-state index contributed by atoms with van der Waals surface area (Å²) >= 11 is 0. The Bertz CT molecular complexity index is 964. The molecule has 0 saturated carbocycles. The lowest BCUT2D eigenvalue weighted by atomic mass is 9.87. The summed E-state index contributed by atoms with van der Waals surface area (Å²) in [5, 5.41) is 16.9. The minimum atomic E-state index is -1.16. The molecule has 132 valence electrons. The number of carboxylic acids is 1. The quantitative estimate of drug-likeness (QED) is 0.564. The number of nitrogens with zero attached hydrogens (tertiary/aromatic N) is 1. The van der Waals surface area contributed by atoms with Gasteiger partial charge in [0.1, 0.15) is 5.83 Å². The molecule has 1 aromatic carbocycles. The largest absolute Gasteiger partial charge is 0.478 e. The second-order valence-electron chi connectivity index (χ2n) is 6.21. The number of anilines is 1. The van der Waals surface area contributed by atoms with E-state index in [4.69, 9.17) is 11.1 Å². The maximum Gasteiger partial charge on any atom is 0.337 e. The maximum absolute atomic E-state index is 13.6. The van der Waals surface area contributed by atoms with Crippen LogP contribution in [0.25, 0.3) is 11.1 Å². The summed E-state index contributed by atoms with van der Waals surface area (Å²) < 4.78 is 13.6. The molecule has 0 aliphatic heterocycles. The minimum absolute atomic E-state index is 0.0556. The molecule has 0 saturated heterocycles. The van der Waals surface area contributed by atoms with Crippen molar-refractivity contribution < 1.29 is 14.3 Å².